The summed E-state index contributed by atoms with van der Waals surface area (Å²) in [7, 11) is 1.62. The molecule has 1 atom stereocenters. The average molecular weight is 487 g/mol. The van der Waals surface area contributed by atoms with Crippen LogP contribution in [0.4, 0.5) is 10.5 Å². The number of carbonyl (C=O) groups is 1. The zero-order valence-corrected chi connectivity index (χ0v) is 20.7. The molecule has 0 saturated heterocycles. The van der Waals surface area contributed by atoms with Gasteiger partial charge in [0.2, 0.25) is 0 Å². The van der Waals surface area contributed by atoms with Crippen LogP contribution >= 0.6 is 11.3 Å². The van der Waals surface area contributed by atoms with Crippen molar-refractivity contribution in [3.63, 3.8) is 0 Å². The van der Waals surface area contributed by atoms with Gasteiger partial charge in [0.05, 0.1) is 12.8 Å². The number of thiophene rings is 1. The summed E-state index contributed by atoms with van der Waals surface area (Å²) < 4.78 is 7.24. The van der Waals surface area contributed by atoms with Crippen molar-refractivity contribution in [3.05, 3.63) is 87.8 Å². The minimum Gasteiger partial charge on any atom is -0.530 e. The van der Waals surface area contributed by atoms with Gasteiger partial charge in [-0.2, -0.15) is 0 Å². The Morgan fingerprint density at radius 1 is 1.14 bits per heavy atom. The van der Waals surface area contributed by atoms with Gasteiger partial charge in [-0.15, -0.1) is 21.5 Å². The van der Waals surface area contributed by atoms with Gasteiger partial charge >= 0.3 is 0 Å². The summed E-state index contributed by atoms with van der Waals surface area (Å²) in [6.07, 6.45) is -1.50. The van der Waals surface area contributed by atoms with Crippen LogP contribution in [-0.2, 0) is 6.42 Å². The van der Waals surface area contributed by atoms with Gasteiger partial charge in [-0.05, 0) is 68.3 Å². The SMILES string of the molecule is CCc1cc2c(s1)-n1c(C)nnc1C(N(C(=O)[O-])c1cccc(C)c1)N=C2c1ccc(OC)cc1. The molecule has 2 aromatic heterocycles. The molecular formula is C26H24N5O3S-. The van der Waals surface area contributed by atoms with Crippen molar-refractivity contribution in [2.45, 2.75) is 33.4 Å². The molecule has 9 heteroatoms. The van der Waals surface area contributed by atoms with E-state index in [1.165, 1.54) is 4.88 Å². The summed E-state index contributed by atoms with van der Waals surface area (Å²) >= 11 is 1.63. The molecule has 3 heterocycles. The summed E-state index contributed by atoms with van der Waals surface area (Å²) in [5.74, 6) is 1.80. The number of aliphatic imine (C=N–C) groups is 1. The molecule has 178 valence electrons. The highest BCUT2D eigenvalue weighted by atomic mass is 32.1. The molecule has 1 aliphatic rings. The van der Waals surface area contributed by atoms with Crippen LogP contribution in [0.1, 0.15) is 46.3 Å². The zero-order valence-electron chi connectivity index (χ0n) is 19.8. The smallest absolute Gasteiger partial charge is 0.188 e. The van der Waals surface area contributed by atoms with E-state index in [0.717, 1.165) is 38.8 Å². The van der Waals surface area contributed by atoms with Gasteiger partial charge in [0.1, 0.15) is 22.7 Å². The molecule has 5 rings (SSSR count). The van der Waals surface area contributed by atoms with Gasteiger partial charge in [0, 0.05) is 21.7 Å². The Kier molecular flexibility index (Phi) is 5.86. The molecule has 0 N–H and O–H groups in total. The Bertz CT molecular complexity index is 1440. The molecule has 0 bridgehead atoms. The highest BCUT2D eigenvalue weighted by molar-refractivity contribution is 7.15. The van der Waals surface area contributed by atoms with Gasteiger partial charge < -0.3 is 14.6 Å². The minimum absolute atomic E-state index is 0.419. The Morgan fingerprint density at radius 2 is 1.91 bits per heavy atom. The van der Waals surface area contributed by atoms with Crippen LogP contribution in [0, 0.1) is 13.8 Å². The maximum absolute atomic E-state index is 12.6. The lowest BCUT2D eigenvalue weighted by Gasteiger charge is -2.31. The number of benzene rings is 2. The first-order valence-corrected chi connectivity index (χ1v) is 12.1. The van der Waals surface area contributed by atoms with Crippen molar-refractivity contribution in [1.82, 2.24) is 14.8 Å². The quantitative estimate of drug-likeness (QED) is 0.421. The fourth-order valence-corrected chi connectivity index (χ4v) is 5.42. The topological polar surface area (TPSA) is 95.7 Å². The van der Waals surface area contributed by atoms with Gasteiger partial charge in [-0.1, -0.05) is 19.1 Å². The molecule has 0 radical (unpaired) electrons. The van der Waals surface area contributed by atoms with Gasteiger partial charge in [-0.25, -0.2) is 0 Å². The van der Waals surface area contributed by atoms with E-state index in [4.69, 9.17) is 9.73 Å². The number of anilines is 1. The first kappa shape index (κ1) is 22.8. The zero-order chi connectivity index (χ0) is 24.7. The number of fused-ring (bicyclic) bond motifs is 3. The van der Waals surface area contributed by atoms with E-state index >= 15 is 0 Å². The van der Waals surface area contributed by atoms with Crippen molar-refractivity contribution in [2.75, 3.05) is 12.0 Å². The predicted molar refractivity (Wildman–Crippen MR) is 134 cm³/mol. The van der Waals surface area contributed by atoms with Crippen molar-refractivity contribution >= 4 is 28.8 Å². The molecule has 1 amide bonds. The normalized spacial score (nSPS) is 14.5. The number of methoxy groups -OCH3 is 1. The molecule has 1 aliphatic heterocycles. The van der Waals surface area contributed by atoms with Crippen LogP contribution in [-0.4, -0.2) is 33.7 Å². The number of hydrogen-bond acceptors (Lipinski definition) is 7. The molecule has 0 aliphatic carbocycles. The highest BCUT2D eigenvalue weighted by Crippen LogP contribution is 2.39. The lowest BCUT2D eigenvalue weighted by atomic mass is 10.0. The molecule has 2 aromatic carbocycles. The number of rotatable bonds is 5. The van der Waals surface area contributed by atoms with Crippen molar-refractivity contribution < 1.29 is 14.6 Å². The maximum Gasteiger partial charge on any atom is 0.188 e. The molecule has 35 heavy (non-hydrogen) atoms. The van der Waals surface area contributed by atoms with Gasteiger partial charge in [-0.3, -0.25) is 14.5 Å². The number of amides is 1. The first-order valence-electron chi connectivity index (χ1n) is 11.3. The van der Waals surface area contributed by atoms with Crippen LogP contribution in [0.5, 0.6) is 5.75 Å². The summed E-state index contributed by atoms with van der Waals surface area (Å²) in [4.78, 5) is 19.9. The molecule has 1 unspecified atom stereocenters. The van der Waals surface area contributed by atoms with E-state index in [-0.39, 0.29) is 0 Å². The molecule has 0 fully saturated rings. The molecule has 0 saturated carbocycles. The Labute approximate surface area is 207 Å². The van der Waals surface area contributed by atoms with Crippen LogP contribution < -0.4 is 14.7 Å². The lowest BCUT2D eigenvalue weighted by Crippen LogP contribution is -2.44. The predicted octanol–water partition coefficient (Wildman–Crippen LogP) is 4.22. The third kappa shape index (κ3) is 3.97. The second-order valence-corrected chi connectivity index (χ2v) is 9.40. The van der Waals surface area contributed by atoms with E-state index in [2.05, 4.69) is 23.2 Å². The Morgan fingerprint density at radius 3 is 2.57 bits per heavy atom. The fourth-order valence-electron chi connectivity index (χ4n) is 4.26. The first-order chi connectivity index (χ1) is 16.9. The third-order valence-electron chi connectivity index (χ3n) is 5.99. The van der Waals surface area contributed by atoms with Crippen LogP contribution in [0.3, 0.4) is 0 Å². The minimum atomic E-state index is -1.37. The van der Waals surface area contributed by atoms with Gasteiger partial charge in [0.15, 0.2) is 12.0 Å². The number of ether oxygens (including phenoxy) is 1. The van der Waals surface area contributed by atoms with Crippen LogP contribution in [0.15, 0.2) is 59.6 Å². The van der Waals surface area contributed by atoms with E-state index in [1.807, 2.05) is 54.8 Å². The van der Waals surface area contributed by atoms with E-state index in [9.17, 15) is 9.90 Å². The monoisotopic (exact) mass is 486 g/mol. The Balaban J connectivity index is 1.79. The second-order valence-electron chi connectivity index (χ2n) is 8.28. The number of aromatic nitrogens is 3. The van der Waals surface area contributed by atoms with E-state index < -0.39 is 12.3 Å². The number of carbonyl (C=O) groups excluding carboxylic acids is 1. The Hall–Kier alpha value is -3.98. The molecule has 8 nitrogen and oxygen atoms in total. The maximum atomic E-state index is 12.6. The summed E-state index contributed by atoms with van der Waals surface area (Å²) in [5, 5.41) is 22.2. The van der Waals surface area contributed by atoms with E-state index in [1.54, 1.807) is 30.6 Å². The van der Waals surface area contributed by atoms with Crippen molar-refractivity contribution in [2.24, 2.45) is 4.99 Å². The lowest BCUT2D eigenvalue weighted by molar-refractivity contribution is -0.247. The van der Waals surface area contributed by atoms with Crippen LogP contribution in [0.2, 0.25) is 0 Å². The summed E-state index contributed by atoms with van der Waals surface area (Å²) in [6.45, 7) is 5.87. The van der Waals surface area contributed by atoms with Crippen molar-refractivity contribution in [1.29, 1.82) is 0 Å². The highest BCUT2D eigenvalue weighted by Gasteiger charge is 2.34. The van der Waals surface area contributed by atoms with Crippen LogP contribution in [0.25, 0.3) is 5.00 Å². The standard InChI is InChI=1S/C26H25N5O3S/c1-5-20-14-21-22(17-9-11-19(34-4)12-10-17)27-23(24-29-28-16(3)30(24)25(21)35-20)31(26(32)33)18-8-6-7-15(2)13-18/h6-14,23H,5H2,1-4H3,(H,32,33)/p-1. The number of hydrogen-bond donors (Lipinski definition) is 0. The van der Waals surface area contributed by atoms with Crippen molar-refractivity contribution in [3.8, 4) is 10.8 Å². The number of nitrogens with zero attached hydrogens (tertiary/aromatic N) is 5. The van der Waals surface area contributed by atoms with Gasteiger partial charge in [0.25, 0.3) is 0 Å². The molecule has 4 aromatic rings. The second kappa shape index (κ2) is 8.99. The number of carboxylic acid groups (broad SMARTS) is 1. The summed E-state index contributed by atoms with van der Waals surface area (Å²) in [6, 6.07) is 17.0. The van der Waals surface area contributed by atoms with E-state index in [0.29, 0.717) is 23.0 Å². The molecular weight excluding hydrogens is 462 g/mol. The number of aryl methyl sites for hydroxylation is 3. The third-order valence-corrected chi connectivity index (χ3v) is 7.25. The summed E-state index contributed by atoms with van der Waals surface area (Å²) in [5.41, 5.74) is 3.81. The average Bonchev–Trinajstić information content (AvgIpc) is 3.41. The largest absolute Gasteiger partial charge is 0.530 e. The fraction of sp³-hybridized carbons (Fsp3) is 0.231. The molecule has 0 spiro atoms.